The van der Waals surface area contributed by atoms with Gasteiger partial charge in [0.2, 0.25) is 0 Å². The zero-order valence-corrected chi connectivity index (χ0v) is 16.6. The Morgan fingerprint density at radius 2 is 1.96 bits per heavy atom. The van der Waals surface area contributed by atoms with Crippen molar-refractivity contribution in [2.75, 3.05) is 4.90 Å². The molecule has 2 heterocycles. The smallest absolute Gasteiger partial charge is 0.253 e. The van der Waals surface area contributed by atoms with E-state index in [1.165, 1.54) is 11.6 Å². The lowest BCUT2D eigenvalue weighted by molar-refractivity contribution is -0.114. The number of amides is 1. The van der Waals surface area contributed by atoms with Crippen molar-refractivity contribution >= 4 is 38.7 Å². The molecule has 2 aromatic heterocycles. The molecular formula is C23H20N2O2S. The molecule has 0 radical (unpaired) electrons. The van der Waals surface area contributed by atoms with E-state index >= 15 is 0 Å². The second-order valence-corrected chi connectivity index (χ2v) is 7.69. The van der Waals surface area contributed by atoms with E-state index in [0.717, 1.165) is 21.3 Å². The van der Waals surface area contributed by atoms with Gasteiger partial charge in [-0.2, -0.15) is 0 Å². The minimum absolute atomic E-state index is 0.131. The summed E-state index contributed by atoms with van der Waals surface area (Å²) >= 11 is 1.54. The van der Waals surface area contributed by atoms with E-state index in [1.54, 1.807) is 34.6 Å². The molecule has 0 aliphatic heterocycles. The molecule has 1 amide bonds. The van der Waals surface area contributed by atoms with Crippen LogP contribution in [0.25, 0.3) is 16.3 Å². The molecule has 0 spiro atoms. The molecule has 0 N–H and O–H groups in total. The summed E-state index contributed by atoms with van der Waals surface area (Å²) in [6.45, 7) is 4.59. The number of anilines is 1. The van der Waals surface area contributed by atoms with E-state index in [4.69, 9.17) is 9.40 Å². The van der Waals surface area contributed by atoms with Gasteiger partial charge in [0.15, 0.2) is 5.13 Å². The van der Waals surface area contributed by atoms with Crippen molar-refractivity contribution in [1.82, 2.24) is 4.98 Å². The quantitative estimate of drug-likeness (QED) is 0.409. The molecule has 0 fully saturated rings. The molecule has 4 nitrogen and oxygen atoms in total. The van der Waals surface area contributed by atoms with Crippen LogP contribution in [0.15, 0.2) is 71.4 Å². The number of aryl methyl sites for hydroxylation is 2. The van der Waals surface area contributed by atoms with Gasteiger partial charge in [-0.25, -0.2) is 4.98 Å². The Balaban J connectivity index is 1.72. The highest BCUT2D eigenvalue weighted by Gasteiger charge is 2.19. The van der Waals surface area contributed by atoms with E-state index in [1.807, 2.05) is 36.4 Å². The molecule has 0 saturated carbocycles. The first kappa shape index (κ1) is 18.2. The van der Waals surface area contributed by atoms with Gasteiger partial charge in [0.1, 0.15) is 5.76 Å². The average Bonchev–Trinajstić information content (AvgIpc) is 3.34. The second-order valence-electron chi connectivity index (χ2n) is 6.68. The largest absolute Gasteiger partial charge is 0.465 e. The fraction of sp³-hybridized carbons (Fsp3) is 0.130. The van der Waals surface area contributed by atoms with Crippen LogP contribution in [0.3, 0.4) is 0 Å². The Labute approximate surface area is 167 Å². The zero-order valence-electron chi connectivity index (χ0n) is 15.8. The standard InChI is InChI=1S/C23H20N2O2S/c1-16-13-17(2)22-20(14-16)28-23(24-22)25(15-18-7-4-3-5-8-18)21(26)11-10-19-9-6-12-27-19/h3-14H,15H2,1-2H3/b11-10+. The van der Waals surface area contributed by atoms with Crippen molar-refractivity contribution in [3.8, 4) is 0 Å². The predicted molar refractivity (Wildman–Crippen MR) is 114 cm³/mol. The molecule has 0 aliphatic carbocycles. The maximum absolute atomic E-state index is 13.0. The molecule has 0 atom stereocenters. The van der Waals surface area contributed by atoms with Gasteiger partial charge in [0.25, 0.3) is 5.91 Å². The Hall–Kier alpha value is -3.18. The first-order valence-corrected chi connectivity index (χ1v) is 9.86. The van der Waals surface area contributed by atoms with Gasteiger partial charge in [-0.1, -0.05) is 47.7 Å². The van der Waals surface area contributed by atoms with Crippen molar-refractivity contribution in [2.24, 2.45) is 0 Å². The number of hydrogen-bond donors (Lipinski definition) is 0. The van der Waals surface area contributed by atoms with Crippen LogP contribution < -0.4 is 4.90 Å². The monoisotopic (exact) mass is 388 g/mol. The third-order valence-corrected chi connectivity index (χ3v) is 5.46. The van der Waals surface area contributed by atoms with Crippen LogP contribution in [0, 0.1) is 13.8 Å². The molecule has 5 heteroatoms. The van der Waals surface area contributed by atoms with Crippen molar-refractivity contribution in [1.29, 1.82) is 0 Å². The SMILES string of the molecule is Cc1cc(C)c2nc(N(Cc3ccccc3)C(=O)/C=C/c3ccco3)sc2c1. The van der Waals surface area contributed by atoms with Gasteiger partial charge in [0, 0.05) is 6.08 Å². The number of hydrogen-bond acceptors (Lipinski definition) is 4. The van der Waals surface area contributed by atoms with Gasteiger partial charge in [0.05, 0.1) is 23.0 Å². The van der Waals surface area contributed by atoms with Crippen molar-refractivity contribution in [2.45, 2.75) is 20.4 Å². The number of carbonyl (C=O) groups excluding carboxylic acids is 1. The topological polar surface area (TPSA) is 46.3 Å². The molecule has 28 heavy (non-hydrogen) atoms. The van der Waals surface area contributed by atoms with E-state index in [-0.39, 0.29) is 5.91 Å². The van der Waals surface area contributed by atoms with E-state index in [2.05, 4.69) is 26.0 Å². The summed E-state index contributed by atoms with van der Waals surface area (Å²) in [4.78, 5) is 19.5. The van der Waals surface area contributed by atoms with E-state index < -0.39 is 0 Å². The Bertz CT molecular complexity index is 1130. The maximum Gasteiger partial charge on any atom is 0.253 e. The summed E-state index contributed by atoms with van der Waals surface area (Å²) in [7, 11) is 0. The lowest BCUT2D eigenvalue weighted by atomic mass is 10.1. The fourth-order valence-electron chi connectivity index (χ4n) is 3.11. The highest BCUT2D eigenvalue weighted by atomic mass is 32.1. The Morgan fingerprint density at radius 3 is 2.71 bits per heavy atom. The normalized spacial score (nSPS) is 11.4. The third kappa shape index (κ3) is 3.89. The maximum atomic E-state index is 13.0. The van der Waals surface area contributed by atoms with E-state index in [9.17, 15) is 4.79 Å². The molecule has 0 bridgehead atoms. The molecule has 0 saturated heterocycles. The second kappa shape index (κ2) is 7.82. The fourth-order valence-corrected chi connectivity index (χ4v) is 4.26. The lowest BCUT2D eigenvalue weighted by Gasteiger charge is -2.18. The molecular weight excluding hydrogens is 368 g/mol. The van der Waals surface area contributed by atoms with Gasteiger partial charge >= 0.3 is 0 Å². The van der Waals surface area contributed by atoms with Crippen LogP contribution in [-0.4, -0.2) is 10.9 Å². The first-order valence-electron chi connectivity index (χ1n) is 9.05. The number of carbonyl (C=O) groups is 1. The van der Waals surface area contributed by atoms with Gasteiger partial charge in [-0.3, -0.25) is 9.69 Å². The number of aromatic nitrogens is 1. The molecule has 140 valence electrons. The predicted octanol–water partition coefficient (Wildman–Crippen LogP) is 5.75. The zero-order chi connectivity index (χ0) is 19.5. The van der Waals surface area contributed by atoms with Crippen molar-refractivity contribution < 1.29 is 9.21 Å². The van der Waals surface area contributed by atoms with Crippen LogP contribution in [0.1, 0.15) is 22.5 Å². The Morgan fingerprint density at radius 1 is 1.14 bits per heavy atom. The minimum atomic E-state index is -0.131. The lowest BCUT2D eigenvalue weighted by Crippen LogP contribution is -2.28. The summed E-state index contributed by atoms with van der Waals surface area (Å²) in [5.74, 6) is 0.512. The first-order chi connectivity index (χ1) is 13.6. The van der Waals surface area contributed by atoms with E-state index in [0.29, 0.717) is 17.4 Å². The summed E-state index contributed by atoms with van der Waals surface area (Å²) in [6.07, 6.45) is 4.81. The molecule has 2 aromatic carbocycles. The van der Waals surface area contributed by atoms with Crippen LogP contribution in [0.4, 0.5) is 5.13 Å². The summed E-state index contributed by atoms with van der Waals surface area (Å²) in [5.41, 5.74) is 4.32. The van der Waals surface area contributed by atoms with Crippen LogP contribution in [0.2, 0.25) is 0 Å². The number of nitrogens with zero attached hydrogens (tertiary/aromatic N) is 2. The number of fused-ring (bicyclic) bond motifs is 1. The van der Waals surface area contributed by atoms with Gasteiger partial charge < -0.3 is 4.42 Å². The highest BCUT2D eigenvalue weighted by molar-refractivity contribution is 7.22. The number of benzene rings is 2. The van der Waals surface area contributed by atoms with Crippen LogP contribution in [-0.2, 0) is 11.3 Å². The molecule has 0 unspecified atom stereocenters. The van der Waals surface area contributed by atoms with Crippen molar-refractivity contribution in [3.63, 3.8) is 0 Å². The Kier molecular flexibility index (Phi) is 5.08. The van der Waals surface area contributed by atoms with Crippen LogP contribution >= 0.6 is 11.3 Å². The van der Waals surface area contributed by atoms with Gasteiger partial charge in [-0.05, 0) is 54.8 Å². The minimum Gasteiger partial charge on any atom is -0.465 e. The number of furan rings is 1. The molecule has 0 aliphatic rings. The summed E-state index contributed by atoms with van der Waals surface area (Å²) < 4.78 is 6.39. The number of thiazole rings is 1. The van der Waals surface area contributed by atoms with Crippen LogP contribution in [0.5, 0.6) is 0 Å². The third-order valence-electron chi connectivity index (χ3n) is 4.43. The van der Waals surface area contributed by atoms with Gasteiger partial charge in [-0.15, -0.1) is 0 Å². The van der Waals surface area contributed by atoms with Crippen molar-refractivity contribution in [3.05, 3.63) is 89.4 Å². The summed E-state index contributed by atoms with van der Waals surface area (Å²) in [6, 6.07) is 17.8. The number of rotatable bonds is 5. The average molecular weight is 388 g/mol. The molecule has 4 rings (SSSR count). The summed E-state index contributed by atoms with van der Waals surface area (Å²) in [5, 5.41) is 0.696. The highest BCUT2D eigenvalue weighted by Crippen LogP contribution is 2.32. The molecule has 4 aromatic rings.